The van der Waals surface area contributed by atoms with Crippen LogP contribution in [0.15, 0.2) is 38.7 Å². The van der Waals surface area contributed by atoms with Gasteiger partial charge in [-0.05, 0) is 36.2 Å². The molecule has 0 aromatic carbocycles. The monoisotopic (exact) mass is 306 g/mol. The van der Waals surface area contributed by atoms with Crippen LogP contribution in [0.2, 0.25) is 0 Å². The summed E-state index contributed by atoms with van der Waals surface area (Å²) in [6.07, 6.45) is 0. The second kappa shape index (κ2) is 6.16. The Balaban J connectivity index is 2.55. The highest BCUT2D eigenvalue weighted by molar-refractivity contribution is 7.84. The second-order valence-corrected chi connectivity index (χ2v) is 5.48. The van der Waals surface area contributed by atoms with E-state index >= 15 is 0 Å². The average molecular weight is 306 g/mol. The lowest BCUT2D eigenvalue weighted by Crippen LogP contribution is -2.27. The molecule has 0 radical (unpaired) electrons. The summed E-state index contributed by atoms with van der Waals surface area (Å²) >= 11 is 5.83. The summed E-state index contributed by atoms with van der Waals surface area (Å²) in [4.78, 5) is 12.2. The number of hydrogen-bond acceptors (Lipinski definition) is 6. The third kappa shape index (κ3) is 2.60. The van der Waals surface area contributed by atoms with Gasteiger partial charge in [0.25, 0.3) is 0 Å². The molecular formula is C14H14N2O2S2. The molecule has 1 aromatic rings. The number of carbonyl (C=O) groups is 1. The maximum Gasteiger partial charge on any atom is 0.336 e. The van der Waals surface area contributed by atoms with E-state index in [2.05, 4.69) is 24.0 Å². The molecule has 1 N–H and O–H groups in total. The first-order valence-corrected chi connectivity index (χ1v) is 7.49. The largest absolute Gasteiger partial charge is 0.463 e. The average Bonchev–Trinajstić information content (AvgIpc) is 2.91. The van der Waals surface area contributed by atoms with Gasteiger partial charge in [0.15, 0.2) is 0 Å². The minimum atomic E-state index is -0.418. The van der Waals surface area contributed by atoms with Crippen LogP contribution in [0.1, 0.15) is 25.3 Å². The first-order valence-electron chi connectivity index (χ1n) is 6.10. The van der Waals surface area contributed by atoms with Gasteiger partial charge in [-0.1, -0.05) is 0 Å². The Morgan fingerprint density at radius 2 is 2.40 bits per heavy atom. The number of esters is 1. The molecule has 2 rings (SSSR count). The quantitative estimate of drug-likeness (QED) is 0.666. The minimum Gasteiger partial charge on any atom is -0.463 e. The van der Waals surface area contributed by atoms with Gasteiger partial charge in [0, 0.05) is 5.70 Å². The van der Waals surface area contributed by atoms with Crippen LogP contribution < -0.4 is 5.32 Å². The Morgan fingerprint density at radius 1 is 1.65 bits per heavy atom. The van der Waals surface area contributed by atoms with E-state index in [4.69, 9.17) is 4.74 Å². The Hall–Kier alpha value is -1.71. The predicted octanol–water partition coefficient (Wildman–Crippen LogP) is 2.94. The number of nitrogens with one attached hydrogen (secondary N) is 1. The smallest absolute Gasteiger partial charge is 0.336 e. The van der Waals surface area contributed by atoms with E-state index in [-0.39, 0.29) is 0 Å². The third-order valence-electron chi connectivity index (χ3n) is 3.03. The summed E-state index contributed by atoms with van der Waals surface area (Å²) in [6, 6.07) is 4.05. The van der Waals surface area contributed by atoms with Crippen molar-refractivity contribution in [1.82, 2.24) is 5.32 Å². The molecule has 6 heteroatoms. The molecule has 0 unspecified atom stereocenters. The van der Waals surface area contributed by atoms with Crippen molar-refractivity contribution < 1.29 is 9.53 Å². The molecule has 104 valence electrons. The first kappa shape index (κ1) is 14.7. The molecule has 0 amide bonds. The highest BCUT2D eigenvalue weighted by Gasteiger charge is 2.34. The first-order chi connectivity index (χ1) is 9.60. The van der Waals surface area contributed by atoms with Crippen LogP contribution in [-0.2, 0) is 9.53 Å². The summed E-state index contributed by atoms with van der Waals surface area (Å²) in [5.74, 6) is -0.818. The lowest BCUT2D eigenvalue weighted by molar-refractivity contribution is -0.138. The van der Waals surface area contributed by atoms with Gasteiger partial charge < -0.3 is 10.1 Å². The van der Waals surface area contributed by atoms with Gasteiger partial charge in [0.2, 0.25) is 0 Å². The van der Waals surface area contributed by atoms with E-state index in [9.17, 15) is 10.1 Å². The van der Waals surface area contributed by atoms with Gasteiger partial charge >= 0.3 is 5.97 Å². The van der Waals surface area contributed by atoms with Crippen molar-refractivity contribution in [2.45, 2.75) is 19.8 Å². The SMILES string of the molecule is CCOC(=O)C1=C(C)NC(S)=C(C#N)[C@H]1c1ccsc1. The van der Waals surface area contributed by atoms with E-state index in [0.29, 0.717) is 28.5 Å². The van der Waals surface area contributed by atoms with Crippen LogP contribution in [-0.4, -0.2) is 12.6 Å². The highest BCUT2D eigenvalue weighted by Crippen LogP contribution is 2.39. The molecule has 1 aliphatic heterocycles. The van der Waals surface area contributed by atoms with Crippen molar-refractivity contribution in [2.75, 3.05) is 6.61 Å². The van der Waals surface area contributed by atoms with Crippen LogP contribution in [0, 0.1) is 11.3 Å². The summed E-state index contributed by atoms with van der Waals surface area (Å²) in [5.41, 5.74) is 2.48. The second-order valence-electron chi connectivity index (χ2n) is 4.25. The lowest BCUT2D eigenvalue weighted by atomic mass is 9.84. The molecule has 1 aromatic heterocycles. The van der Waals surface area contributed by atoms with Crippen molar-refractivity contribution in [1.29, 1.82) is 5.26 Å². The highest BCUT2D eigenvalue weighted by atomic mass is 32.1. The standard InChI is InChI=1S/C14H14N2O2S2/c1-3-18-14(17)11-8(2)16-13(19)10(6-15)12(11)9-4-5-20-7-9/h4-5,7,12,16,19H,3H2,1-2H3/t12-/m1/s1. The number of nitrogens with zero attached hydrogens (tertiary/aromatic N) is 1. The normalized spacial score (nSPS) is 18.6. The van der Waals surface area contributed by atoms with Crippen LogP contribution >= 0.6 is 24.0 Å². The molecule has 1 aliphatic rings. The van der Waals surface area contributed by atoms with E-state index in [1.165, 1.54) is 11.3 Å². The third-order valence-corrected chi connectivity index (χ3v) is 4.09. The summed E-state index contributed by atoms with van der Waals surface area (Å²) < 4.78 is 5.12. The fourth-order valence-corrected chi connectivity index (χ4v) is 3.21. The molecule has 0 aliphatic carbocycles. The van der Waals surface area contributed by atoms with Crippen LogP contribution in [0.3, 0.4) is 0 Å². The molecule has 0 fully saturated rings. The fourth-order valence-electron chi connectivity index (χ4n) is 2.18. The molecule has 0 saturated heterocycles. The zero-order valence-corrected chi connectivity index (χ0v) is 12.8. The number of nitriles is 1. The van der Waals surface area contributed by atoms with E-state index in [1.54, 1.807) is 13.8 Å². The number of hydrogen-bond donors (Lipinski definition) is 2. The van der Waals surface area contributed by atoms with Crippen LogP contribution in [0.5, 0.6) is 0 Å². The molecular weight excluding hydrogens is 292 g/mol. The molecule has 0 bridgehead atoms. The van der Waals surface area contributed by atoms with E-state index < -0.39 is 11.9 Å². The summed E-state index contributed by atoms with van der Waals surface area (Å²) in [7, 11) is 0. The number of rotatable bonds is 3. The number of thiol groups is 1. The molecule has 1 atom stereocenters. The summed E-state index contributed by atoms with van der Waals surface area (Å²) in [5, 5.41) is 16.7. The maximum absolute atomic E-state index is 12.2. The fraction of sp³-hybridized carbons (Fsp3) is 0.286. The van der Waals surface area contributed by atoms with Gasteiger partial charge in [-0.15, -0.1) is 12.6 Å². The zero-order valence-electron chi connectivity index (χ0n) is 11.1. The van der Waals surface area contributed by atoms with Crippen molar-refractivity contribution >= 4 is 29.9 Å². The summed E-state index contributed by atoms with van der Waals surface area (Å²) in [6.45, 7) is 3.84. The Labute approximate surface area is 127 Å². The Morgan fingerprint density at radius 3 is 2.95 bits per heavy atom. The minimum absolute atomic E-state index is 0.297. The number of carbonyl (C=O) groups excluding carboxylic acids is 1. The molecule has 2 heterocycles. The van der Waals surface area contributed by atoms with Crippen molar-refractivity contribution in [3.63, 3.8) is 0 Å². The van der Waals surface area contributed by atoms with Gasteiger partial charge in [-0.25, -0.2) is 4.79 Å². The van der Waals surface area contributed by atoms with Crippen LogP contribution in [0.25, 0.3) is 0 Å². The number of allylic oxidation sites excluding steroid dienone is 2. The molecule has 4 nitrogen and oxygen atoms in total. The lowest BCUT2D eigenvalue weighted by Gasteiger charge is -2.27. The van der Waals surface area contributed by atoms with Gasteiger partial charge in [0.1, 0.15) is 0 Å². The number of ether oxygens (including phenoxy) is 1. The number of thiophene rings is 1. The Kier molecular flexibility index (Phi) is 4.53. The predicted molar refractivity (Wildman–Crippen MR) is 81.2 cm³/mol. The maximum atomic E-state index is 12.2. The van der Waals surface area contributed by atoms with E-state index in [1.807, 2.05) is 16.8 Å². The van der Waals surface area contributed by atoms with Gasteiger partial charge in [0.05, 0.1) is 34.8 Å². The van der Waals surface area contributed by atoms with Crippen LogP contribution in [0.4, 0.5) is 0 Å². The Bertz CT molecular complexity index is 624. The molecule has 0 spiro atoms. The van der Waals surface area contributed by atoms with Crippen molar-refractivity contribution in [3.05, 3.63) is 44.3 Å². The van der Waals surface area contributed by atoms with Crippen molar-refractivity contribution in [3.8, 4) is 6.07 Å². The van der Waals surface area contributed by atoms with Gasteiger partial charge in [-0.3, -0.25) is 0 Å². The number of dihydropyridines is 1. The molecule has 0 saturated carbocycles. The zero-order chi connectivity index (χ0) is 14.7. The molecule has 20 heavy (non-hydrogen) atoms. The topological polar surface area (TPSA) is 62.1 Å². The van der Waals surface area contributed by atoms with Gasteiger partial charge in [-0.2, -0.15) is 16.6 Å². The van der Waals surface area contributed by atoms with Crippen molar-refractivity contribution in [2.24, 2.45) is 0 Å². The van der Waals surface area contributed by atoms with E-state index in [0.717, 1.165) is 5.56 Å².